The molecule has 0 spiro atoms. The summed E-state index contributed by atoms with van der Waals surface area (Å²) in [5, 5.41) is 14.9. The summed E-state index contributed by atoms with van der Waals surface area (Å²) in [6.07, 6.45) is 0.566. The third kappa shape index (κ3) is 2.74. The maximum absolute atomic E-state index is 11.3. The monoisotopic (exact) mass is 201 g/mol. The second kappa shape index (κ2) is 4.88. The maximum atomic E-state index is 11.3. The van der Waals surface area contributed by atoms with E-state index in [1.807, 2.05) is 0 Å². The molecule has 2 N–H and O–H groups in total. The van der Waals surface area contributed by atoms with Crippen molar-refractivity contribution in [2.45, 2.75) is 13.3 Å². The fraction of sp³-hybridized carbons (Fsp3) is 0.571. The van der Waals surface area contributed by atoms with Crippen LogP contribution in [0.15, 0.2) is 0 Å². The number of carbonyl (C=O) groups excluding carboxylic acids is 1. The minimum absolute atomic E-state index is 0.0835. The van der Waals surface area contributed by atoms with E-state index in [2.05, 4.69) is 14.9 Å². The summed E-state index contributed by atoms with van der Waals surface area (Å²) in [7, 11) is 0. The summed E-state index contributed by atoms with van der Waals surface area (Å²) in [5.74, 6) is -0.166. The van der Waals surface area contributed by atoms with Crippen LogP contribution < -0.4 is 5.32 Å². The molecular weight excluding hydrogens is 190 g/mol. The highest BCUT2D eigenvalue weighted by Crippen LogP contribution is 2.07. The summed E-state index contributed by atoms with van der Waals surface area (Å²) >= 11 is 1.08. The minimum atomic E-state index is -0.166. The van der Waals surface area contributed by atoms with Crippen molar-refractivity contribution in [1.29, 1.82) is 0 Å². The highest BCUT2D eigenvalue weighted by Gasteiger charge is 2.11. The first-order chi connectivity index (χ1) is 6.25. The number of aliphatic hydroxyl groups excluding tert-OH is 1. The van der Waals surface area contributed by atoms with E-state index in [9.17, 15) is 4.79 Å². The van der Waals surface area contributed by atoms with Crippen molar-refractivity contribution in [2.24, 2.45) is 0 Å². The van der Waals surface area contributed by atoms with Crippen LogP contribution in [0.1, 0.15) is 21.8 Å². The van der Waals surface area contributed by atoms with Crippen LogP contribution in [0.25, 0.3) is 0 Å². The predicted octanol–water partition coefficient (Wildman–Crippen LogP) is -0.0413. The van der Waals surface area contributed by atoms with Gasteiger partial charge >= 0.3 is 0 Å². The number of carbonyl (C=O) groups is 1. The topological polar surface area (TPSA) is 75.1 Å². The lowest BCUT2D eigenvalue weighted by Gasteiger charge is -2.00. The Morgan fingerprint density at radius 2 is 2.46 bits per heavy atom. The molecule has 72 valence electrons. The summed E-state index contributed by atoms with van der Waals surface area (Å²) in [6.45, 7) is 2.30. The molecule has 0 atom stereocenters. The highest BCUT2D eigenvalue weighted by atomic mass is 32.1. The lowest BCUT2D eigenvalue weighted by molar-refractivity contribution is 0.0954. The zero-order valence-electron chi connectivity index (χ0n) is 7.28. The second-order valence-corrected chi connectivity index (χ2v) is 3.27. The lowest BCUT2D eigenvalue weighted by Crippen LogP contribution is -2.24. The smallest absolute Gasteiger partial charge is 0.264 e. The molecule has 0 aliphatic rings. The van der Waals surface area contributed by atoms with Gasteiger partial charge in [-0.2, -0.15) is 0 Å². The average Bonchev–Trinajstić information content (AvgIpc) is 2.52. The van der Waals surface area contributed by atoms with Crippen molar-refractivity contribution in [3.63, 3.8) is 0 Å². The van der Waals surface area contributed by atoms with E-state index in [1.54, 1.807) is 6.92 Å². The Kier molecular flexibility index (Phi) is 3.78. The number of nitrogens with one attached hydrogen (secondary N) is 1. The number of hydrogen-bond donors (Lipinski definition) is 2. The number of aliphatic hydroxyl groups is 1. The Labute approximate surface area is 80.0 Å². The molecule has 1 rings (SSSR count). The van der Waals surface area contributed by atoms with Gasteiger partial charge in [0.2, 0.25) is 0 Å². The van der Waals surface area contributed by atoms with Gasteiger partial charge in [-0.1, -0.05) is 4.49 Å². The van der Waals surface area contributed by atoms with Gasteiger partial charge in [0.05, 0.1) is 5.69 Å². The van der Waals surface area contributed by atoms with Crippen LogP contribution in [-0.4, -0.2) is 33.8 Å². The first-order valence-corrected chi connectivity index (χ1v) is 4.71. The van der Waals surface area contributed by atoms with E-state index in [1.165, 1.54) is 0 Å². The van der Waals surface area contributed by atoms with Crippen LogP contribution >= 0.6 is 11.5 Å². The molecule has 0 unspecified atom stereocenters. The molecule has 6 heteroatoms. The zero-order chi connectivity index (χ0) is 9.68. The molecule has 0 radical (unpaired) electrons. The van der Waals surface area contributed by atoms with E-state index < -0.39 is 0 Å². The van der Waals surface area contributed by atoms with Gasteiger partial charge in [-0.3, -0.25) is 4.79 Å². The number of aryl methyl sites for hydroxylation is 1. The lowest BCUT2D eigenvalue weighted by atomic mass is 10.3. The van der Waals surface area contributed by atoms with E-state index in [4.69, 9.17) is 5.11 Å². The quantitative estimate of drug-likeness (QED) is 0.670. The van der Waals surface area contributed by atoms with Gasteiger partial charge in [-0.15, -0.1) is 5.10 Å². The number of aromatic nitrogens is 2. The highest BCUT2D eigenvalue weighted by molar-refractivity contribution is 7.07. The molecule has 1 heterocycles. The van der Waals surface area contributed by atoms with Crippen LogP contribution in [0.4, 0.5) is 0 Å². The molecule has 0 saturated carbocycles. The summed E-state index contributed by atoms with van der Waals surface area (Å²) in [5.41, 5.74) is 0.645. The van der Waals surface area contributed by atoms with Gasteiger partial charge in [-0.05, 0) is 24.9 Å². The van der Waals surface area contributed by atoms with Gasteiger partial charge in [0.15, 0.2) is 0 Å². The molecule has 0 aliphatic carbocycles. The molecule has 0 aromatic carbocycles. The Morgan fingerprint density at radius 3 is 3.00 bits per heavy atom. The van der Waals surface area contributed by atoms with E-state index in [-0.39, 0.29) is 12.5 Å². The fourth-order valence-electron chi connectivity index (χ4n) is 0.801. The summed E-state index contributed by atoms with van der Waals surface area (Å²) in [4.78, 5) is 11.9. The minimum Gasteiger partial charge on any atom is -0.396 e. The van der Waals surface area contributed by atoms with Crippen molar-refractivity contribution in [2.75, 3.05) is 13.2 Å². The molecule has 0 aliphatic heterocycles. The first-order valence-electron chi connectivity index (χ1n) is 3.93. The maximum Gasteiger partial charge on any atom is 0.264 e. The number of hydrogen-bond acceptors (Lipinski definition) is 5. The van der Waals surface area contributed by atoms with Crippen molar-refractivity contribution in [1.82, 2.24) is 14.9 Å². The summed E-state index contributed by atoms with van der Waals surface area (Å²) in [6, 6.07) is 0. The van der Waals surface area contributed by atoms with Gasteiger partial charge < -0.3 is 10.4 Å². The van der Waals surface area contributed by atoms with Crippen LogP contribution in [0.5, 0.6) is 0 Å². The molecule has 0 saturated heterocycles. The van der Waals surface area contributed by atoms with Crippen LogP contribution in [0.3, 0.4) is 0 Å². The Morgan fingerprint density at radius 1 is 1.69 bits per heavy atom. The number of nitrogens with zero attached hydrogens (tertiary/aromatic N) is 2. The molecule has 0 fully saturated rings. The van der Waals surface area contributed by atoms with E-state index >= 15 is 0 Å². The average molecular weight is 201 g/mol. The Hall–Kier alpha value is -1.01. The molecule has 1 aromatic rings. The zero-order valence-corrected chi connectivity index (χ0v) is 8.10. The van der Waals surface area contributed by atoms with Crippen LogP contribution in [-0.2, 0) is 0 Å². The Balaban J connectivity index is 2.45. The molecule has 5 nitrogen and oxygen atoms in total. The molecular formula is C7H11N3O2S. The van der Waals surface area contributed by atoms with Gasteiger partial charge in [0.1, 0.15) is 4.88 Å². The van der Waals surface area contributed by atoms with Gasteiger partial charge in [0, 0.05) is 13.2 Å². The van der Waals surface area contributed by atoms with Crippen molar-refractivity contribution >= 4 is 17.4 Å². The van der Waals surface area contributed by atoms with Crippen LogP contribution in [0.2, 0.25) is 0 Å². The van der Waals surface area contributed by atoms with Crippen molar-refractivity contribution in [3.8, 4) is 0 Å². The number of amides is 1. The van der Waals surface area contributed by atoms with Crippen molar-refractivity contribution in [3.05, 3.63) is 10.6 Å². The molecule has 0 bridgehead atoms. The molecule has 1 aromatic heterocycles. The Bertz CT molecular complexity index is 287. The third-order valence-corrected chi connectivity index (χ3v) is 2.30. The standard InChI is InChI=1S/C7H11N3O2S/c1-5-6(13-10-9-5)7(12)8-3-2-4-11/h11H,2-4H2,1H3,(H,8,12). The number of rotatable bonds is 4. The first kappa shape index (κ1) is 10.1. The molecule has 13 heavy (non-hydrogen) atoms. The third-order valence-electron chi connectivity index (χ3n) is 1.48. The second-order valence-electron chi connectivity index (χ2n) is 2.52. The normalized spacial score (nSPS) is 10.0. The largest absolute Gasteiger partial charge is 0.396 e. The van der Waals surface area contributed by atoms with E-state index in [0.717, 1.165) is 11.5 Å². The van der Waals surface area contributed by atoms with Gasteiger partial charge in [0.25, 0.3) is 5.91 Å². The van der Waals surface area contributed by atoms with Gasteiger partial charge in [-0.25, -0.2) is 0 Å². The molecule has 1 amide bonds. The fourth-order valence-corrected chi connectivity index (χ4v) is 1.37. The predicted molar refractivity (Wildman–Crippen MR) is 48.7 cm³/mol. The SMILES string of the molecule is Cc1nnsc1C(=O)NCCCO. The summed E-state index contributed by atoms with van der Waals surface area (Å²) < 4.78 is 3.65. The van der Waals surface area contributed by atoms with E-state index in [0.29, 0.717) is 23.5 Å². The van der Waals surface area contributed by atoms with Crippen LogP contribution in [0, 0.1) is 6.92 Å². The van der Waals surface area contributed by atoms with Crippen molar-refractivity contribution < 1.29 is 9.90 Å².